The number of nitrogens with zero attached hydrogens (tertiary/aromatic N) is 2. The summed E-state index contributed by atoms with van der Waals surface area (Å²) in [5, 5.41) is 38.6. The number of carbonyl (C=O) groups excluding carboxylic acids is 2. The Morgan fingerprint density at radius 3 is 2.41 bits per heavy atom. The van der Waals surface area contributed by atoms with Crippen LogP contribution in [-0.2, 0) is 11.2 Å². The number of carboxylic acids is 1. The minimum Gasteiger partial charge on any atom is -0.550 e. The Balaban J connectivity index is 1.90. The van der Waals surface area contributed by atoms with Gasteiger partial charge in [-0.2, -0.15) is 5.10 Å². The summed E-state index contributed by atoms with van der Waals surface area (Å²) in [5.41, 5.74) is 2.37. The van der Waals surface area contributed by atoms with Gasteiger partial charge in [0.25, 0.3) is 5.91 Å². The predicted octanol–water partition coefficient (Wildman–Crippen LogP) is 1.99. The predicted molar refractivity (Wildman–Crippen MR) is 122 cm³/mol. The van der Waals surface area contributed by atoms with Crippen molar-refractivity contribution < 1.29 is 29.3 Å². The van der Waals surface area contributed by atoms with Crippen LogP contribution in [0.5, 0.6) is 0 Å². The van der Waals surface area contributed by atoms with Gasteiger partial charge < -0.3 is 25.4 Å². The number of aliphatic hydroxyl groups is 2. The average Bonchev–Trinajstić information content (AvgIpc) is 3.39. The second-order valence-corrected chi connectivity index (χ2v) is 9.36. The number of carbonyl (C=O) groups is 2. The first kappa shape index (κ1) is 25.8. The molecule has 1 aromatic carbocycles. The van der Waals surface area contributed by atoms with E-state index in [2.05, 4.69) is 10.4 Å². The highest BCUT2D eigenvalue weighted by Gasteiger charge is 2.28. The number of hydrogen-bond donors (Lipinski definition) is 3. The third-order valence-corrected chi connectivity index (χ3v) is 6.24. The molecule has 1 heterocycles. The maximum Gasteiger partial charge on any atom is 0.272 e. The van der Waals surface area contributed by atoms with Gasteiger partial charge in [-0.25, -0.2) is 9.07 Å². The maximum absolute atomic E-state index is 13.5. The molecule has 2 atom stereocenters. The summed E-state index contributed by atoms with van der Waals surface area (Å²) in [6, 6.07) is 5.92. The van der Waals surface area contributed by atoms with E-state index in [1.807, 2.05) is 13.8 Å². The molecule has 8 nitrogen and oxygen atoms in total. The molecule has 0 aliphatic heterocycles. The van der Waals surface area contributed by atoms with Crippen LogP contribution in [-0.4, -0.2) is 50.1 Å². The minimum absolute atomic E-state index is 0.0469. The first-order valence-corrected chi connectivity index (χ1v) is 11.9. The summed E-state index contributed by atoms with van der Waals surface area (Å²) in [4.78, 5) is 23.8. The van der Waals surface area contributed by atoms with Crippen molar-refractivity contribution >= 4 is 11.9 Å². The monoisotopic (exact) mass is 474 g/mol. The summed E-state index contributed by atoms with van der Waals surface area (Å²) >= 11 is 0. The first-order chi connectivity index (χ1) is 16.2. The molecule has 1 amide bonds. The molecule has 1 aliphatic rings. The van der Waals surface area contributed by atoms with Crippen molar-refractivity contribution in [3.05, 3.63) is 47.0 Å². The lowest BCUT2D eigenvalue weighted by atomic mass is 9.95. The molecule has 0 bridgehead atoms. The Morgan fingerprint density at radius 2 is 1.82 bits per heavy atom. The number of benzene rings is 1. The standard InChI is InChI=1S/C25H34FN3O5/c1-15(2)23-21(12-11-19(30)13-20(31)14-22(32)33)29(18-9-7-16(26)8-10-18)28-24(23)25(34)27-17-5-3-4-6-17/h7-10,15,17,19-20,30-31H,3-6,11-14H2,1-2H3,(H,27,34)(H,32,33)/p-1/t19-,20-/m1/s1. The molecule has 0 spiro atoms. The average molecular weight is 475 g/mol. The lowest BCUT2D eigenvalue weighted by Gasteiger charge is -2.18. The van der Waals surface area contributed by atoms with E-state index in [0.717, 1.165) is 31.2 Å². The highest BCUT2D eigenvalue weighted by molar-refractivity contribution is 5.94. The lowest BCUT2D eigenvalue weighted by molar-refractivity contribution is -0.307. The SMILES string of the molecule is CC(C)c1c(C(=O)NC2CCCC2)nn(-c2ccc(F)cc2)c1CC[C@@H](O)C[C@@H](O)CC(=O)[O-]. The van der Waals surface area contributed by atoms with Gasteiger partial charge in [-0.3, -0.25) is 4.79 Å². The molecule has 0 unspecified atom stereocenters. The van der Waals surface area contributed by atoms with E-state index in [4.69, 9.17) is 0 Å². The van der Waals surface area contributed by atoms with Gasteiger partial charge in [0.2, 0.25) is 0 Å². The third kappa shape index (κ3) is 6.64. The number of amides is 1. The number of rotatable bonds is 11. The summed E-state index contributed by atoms with van der Waals surface area (Å²) in [5.74, 6) is -2.07. The van der Waals surface area contributed by atoms with Crippen LogP contribution in [0.3, 0.4) is 0 Å². The van der Waals surface area contributed by atoms with Crippen LogP contribution in [0.2, 0.25) is 0 Å². The van der Waals surface area contributed by atoms with Gasteiger partial charge >= 0.3 is 0 Å². The lowest BCUT2D eigenvalue weighted by Crippen LogP contribution is -2.33. The van der Waals surface area contributed by atoms with Crippen molar-refractivity contribution in [3.8, 4) is 5.69 Å². The van der Waals surface area contributed by atoms with Crippen LogP contribution in [0, 0.1) is 5.82 Å². The number of halogens is 1. The summed E-state index contributed by atoms with van der Waals surface area (Å²) < 4.78 is 15.2. The van der Waals surface area contributed by atoms with Crippen LogP contribution >= 0.6 is 0 Å². The minimum atomic E-state index is -1.38. The van der Waals surface area contributed by atoms with E-state index in [1.54, 1.807) is 16.8 Å². The molecule has 3 rings (SSSR count). The van der Waals surface area contributed by atoms with Crippen LogP contribution in [0.15, 0.2) is 24.3 Å². The van der Waals surface area contributed by atoms with Crippen molar-refractivity contribution in [3.63, 3.8) is 0 Å². The maximum atomic E-state index is 13.5. The van der Waals surface area contributed by atoms with Crippen molar-refractivity contribution in [1.82, 2.24) is 15.1 Å². The number of hydrogen-bond acceptors (Lipinski definition) is 6. The van der Waals surface area contributed by atoms with Crippen molar-refractivity contribution in [1.29, 1.82) is 0 Å². The zero-order valence-corrected chi connectivity index (χ0v) is 19.7. The highest BCUT2D eigenvalue weighted by atomic mass is 19.1. The molecule has 34 heavy (non-hydrogen) atoms. The summed E-state index contributed by atoms with van der Waals surface area (Å²) in [7, 11) is 0. The Bertz CT molecular complexity index is 983. The largest absolute Gasteiger partial charge is 0.550 e. The van der Waals surface area contributed by atoms with E-state index in [0.29, 0.717) is 23.5 Å². The number of aliphatic carboxylic acids is 1. The van der Waals surface area contributed by atoms with Gasteiger partial charge in [0, 0.05) is 29.7 Å². The summed E-state index contributed by atoms with van der Waals surface area (Å²) in [6.07, 6.45) is 1.77. The van der Waals surface area contributed by atoms with E-state index < -0.39 is 30.4 Å². The van der Waals surface area contributed by atoms with Crippen molar-refractivity contribution in [2.75, 3.05) is 0 Å². The molecule has 9 heteroatoms. The second kappa shape index (κ2) is 11.6. The van der Waals surface area contributed by atoms with Gasteiger partial charge in [-0.15, -0.1) is 0 Å². The molecule has 1 aromatic heterocycles. The molecule has 1 fully saturated rings. The number of aromatic nitrogens is 2. The van der Waals surface area contributed by atoms with Crippen LogP contribution in [0.1, 0.15) is 86.5 Å². The van der Waals surface area contributed by atoms with Crippen LogP contribution < -0.4 is 10.4 Å². The Labute approximate surface area is 198 Å². The van der Waals surface area contributed by atoms with E-state index in [9.17, 15) is 29.3 Å². The molecule has 1 saturated carbocycles. The zero-order chi connectivity index (χ0) is 24.8. The zero-order valence-electron chi connectivity index (χ0n) is 19.7. The Hall–Kier alpha value is -2.78. The topological polar surface area (TPSA) is 128 Å². The first-order valence-electron chi connectivity index (χ1n) is 11.9. The molecule has 3 N–H and O–H groups in total. The van der Waals surface area contributed by atoms with Gasteiger partial charge in [0.15, 0.2) is 5.69 Å². The highest BCUT2D eigenvalue weighted by Crippen LogP contribution is 2.29. The number of aliphatic hydroxyl groups excluding tert-OH is 2. The molecular weight excluding hydrogens is 441 g/mol. The molecule has 0 radical (unpaired) electrons. The third-order valence-electron chi connectivity index (χ3n) is 6.24. The quantitative estimate of drug-likeness (QED) is 0.457. The van der Waals surface area contributed by atoms with Gasteiger partial charge in [-0.1, -0.05) is 26.7 Å². The van der Waals surface area contributed by atoms with Crippen LogP contribution in [0.25, 0.3) is 5.69 Å². The van der Waals surface area contributed by atoms with Crippen molar-refractivity contribution in [2.45, 2.75) is 89.4 Å². The van der Waals surface area contributed by atoms with Gasteiger partial charge in [-0.05, 0) is 62.3 Å². The Kier molecular flexibility index (Phi) is 8.79. The number of carboxylic acid groups (broad SMARTS) is 1. The second-order valence-electron chi connectivity index (χ2n) is 9.36. The van der Waals surface area contributed by atoms with E-state index in [-0.39, 0.29) is 30.7 Å². The fourth-order valence-corrected chi connectivity index (χ4v) is 4.61. The fraction of sp³-hybridized carbons (Fsp3) is 0.560. The Morgan fingerprint density at radius 1 is 1.18 bits per heavy atom. The van der Waals surface area contributed by atoms with E-state index in [1.165, 1.54) is 12.1 Å². The molecule has 2 aromatic rings. The van der Waals surface area contributed by atoms with E-state index >= 15 is 0 Å². The fourth-order valence-electron chi connectivity index (χ4n) is 4.61. The summed E-state index contributed by atoms with van der Waals surface area (Å²) in [6.45, 7) is 3.92. The van der Waals surface area contributed by atoms with Gasteiger partial charge in [0.1, 0.15) is 5.82 Å². The van der Waals surface area contributed by atoms with Gasteiger partial charge in [0.05, 0.1) is 17.9 Å². The normalized spacial score (nSPS) is 16.1. The molecule has 1 aliphatic carbocycles. The number of nitrogens with one attached hydrogen (secondary N) is 1. The molecule has 186 valence electrons. The molecular formula is C25H33FN3O5-. The van der Waals surface area contributed by atoms with Crippen LogP contribution in [0.4, 0.5) is 4.39 Å². The smallest absolute Gasteiger partial charge is 0.272 e. The van der Waals surface area contributed by atoms with Crippen molar-refractivity contribution in [2.24, 2.45) is 0 Å². The molecule has 0 saturated heterocycles.